The van der Waals surface area contributed by atoms with E-state index in [0.29, 0.717) is 24.4 Å². The molecule has 0 aromatic heterocycles. The van der Waals surface area contributed by atoms with Crippen LogP contribution in [0.4, 0.5) is 0 Å². The summed E-state index contributed by atoms with van der Waals surface area (Å²) >= 11 is 4.78. The highest BCUT2D eigenvalue weighted by Crippen LogP contribution is 1.98. The van der Waals surface area contributed by atoms with Crippen molar-refractivity contribution < 1.29 is 9.53 Å². The van der Waals surface area contributed by atoms with E-state index in [-0.39, 0.29) is 11.9 Å². The summed E-state index contributed by atoms with van der Waals surface area (Å²) in [5.41, 5.74) is 5.40. The molecule has 0 aliphatic carbocycles. The average Bonchev–Trinajstić information content (AvgIpc) is 2.12. The number of thiocarbonyl (C=S) groups is 1. The summed E-state index contributed by atoms with van der Waals surface area (Å²) in [7, 11) is 1.57. The predicted molar refractivity (Wildman–Crippen MR) is 60.1 cm³/mol. The van der Waals surface area contributed by atoms with Crippen LogP contribution in [0.5, 0.6) is 0 Å². The molecular formula is C9H18N2O2S. The summed E-state index contributed by atoms with van der Waals surface area (Å²) in [5.74, 6) is -0.0186. The fourth-order valence-electron chi connectivity index (χ4n) is 1.03. The van der Waals surface area contributed by atoms with Crippen LogP contribution in [0.1, 0.15) is 26.2 Å². The van der Waals surface area contributed by atoms with Gasteiger partial charge in [0.2, 0.25) is 5.91 Å². The van der Waals surface area contributed by atoms with E-state index >= 15 is 0 Å². The van der Waals surface area contributed by atoms with Gasteiger partial charge in [0.25, 0.3) is 0 Å². The highest BCUT2D eigenvalue weighted by molar-refractivity contribution is 7.80. The molecule has 0 aliphatic heterocycles. The first-order valence-electron chi connectivity index (χ1n) is 4.66. The van der Waals surface area contributed by atoms with Crippen molar-refractivity contribution >= 4 is 23.1 Å². The fourth-order valence-corrected chi connectivity index (χ4v) is 1.24. The first-order valence-corrected chi connectivity index (χ1v) is 5.07. The first kappa shape index (κ1) is 13.3. The number of nitrogens with one attached hydrogen (secondary N) is 1. The molecule has 14 heavy (non-hydrogen) atoms. The van der Waals surface area contributed by atoms with Crippen molar-refractivity contribution in [3.8, 4) is 0 Å². The quantitative estimate of drug-likeness (QED) is 0.614. The van der Waals surface area contributed by atoms with Crippen LogP contribution in [0.25, 0.3) is 0 Å². The Morgan fingerprint density at radius 3 is 2.71 bits per heavy atom. The van der Waals surface area contributed by atoms with Gasteiger partial charge in [-0.25, -0.2) is 0 Å². The van der Waals surface area contributed by atoms with Crippen molar-refractivity contribution in [2.75, 3.05) is 13.7 Å². The third kappa shape index (κ3) is 6.80. The molecule has 0 heterocycles. The van der Waals surface area contributed by atoms with Crippen LogP contribution in [0.3, 0.4) is 0 Å². The lowest BCUT2D eigenvalue weighted by atomic mass is 10.1. The average molecular weight is 218 g/mol. The van der Waals surface area contributed by atoms with Gasteiger partial charge in [-0.3, -0.25) is 4.79 Å². The van der Waals surface area contributed by atoms with Crippen LogP contribution in [-0.4, -0.2) is 30.7 Å². The molecule has 0 aromatic rings. The maximum atomic E-state index is 11.3. The highest BCUT2D eigenvalue weighted by atomic mass is 32.1. The Kier molecular flexibility index (Phi) is 7.32. The van der Waals surface area contributed by atoms with Crippen LogP contribution >= 0.6 is 12.2 Å². The molecule has 4 nitrogen and oxygen atoms in total. The summed E-state index contributed by atoms with van der Waals surface area (Å²) in [6, 6.07) is 0.0526. The van der Waals surface area contributed by atoms with Crippen molar-refractivity contribution in [1.82, 2.24) is 5.32 Å². The Bertz CT molecular complexity index is 197. The van der Waals surface area contributed by atoms with Crippen molar-refractivity contribution in [2.45, 2.75) is 32.2 Å². The molecular weight excluding hydrogens is 200 g/mol. The van der Waals surface area contributed by atoms with Crippen molar-refractivity contribution in [3.05, 3.63) is 0 Å². The van der Waals surface area contributed by atoms with Crippen molar-refractivity contribution in [2.24, 2.45) is 5.73 Å². The lowest BCUT2D eigenvalue weighted by Crippen LogP contribution is -2.37. The van der Waals surface area contributed by atoms with Gasteiger partial charge < -0.3 is 15.8 Å². The second kappa shape index (κ2) is 7.70. The van der Waals surface area contributed by atoms with Crippen LogP contribution < -0.4 is 11.1 Å². The molecule has 0 spiro atoms. The van der Waals surface area contributed by atoms with Gasteiger partial charge in [-0.1, -0.05) is 19.1 Å². The molecule has 82 valence electrons. The van der Waals surface area contributed by atoms with E-state index in [0.717, 1.165) is 6.42 Å². The molecule has 0 fully saturated rings. The van der Waals surface area contributed by atoms with Crippen LogP contribution in [0.15, 0.2) is 0 Å². The van der Waals surface area contributed by atoms with Gasteiger partial charge in [-0.15, -0.1) is 0 Å². The molecule has 5 heteroatoms. The minimum absolute atomic E-state index is 0.0186. The number of hydrogen-bond donors (Lipinski definition) is 2. The largest absolute Gasteiger partial charge is 0.393 e. The Morgan fingerprint density at radius 2 is 2.29 bits per heavy atom. The Hall–Kier alpha value is -0.680. The van der Waals surface area contributed by atoms with Crippen LogP contribution in [0, 0.1) is 0 Å². The Labute approximate surface area is 90.2 Å². The predicted octanol–water partition coefficient (Wildman–Crippen LogP) is 0.594. The van der Waals surface area contributed by atoms with Crippen molar-refractivity contribution in [3.63, 3.8) is 0 Å². The zero-order chi connectivity index (χ0) is 11.0. The third-order valence-electron chi connectivity index (χ3n) is 1.84. The lowest BCUT2D eigenvalue weighted by Gasteiger charge is -2.15. The number of rotatable bonds is 7. The zero-order valence-electron chi connectivity index (χ0n) is 8.71. The number of carbonyl (C=O) groups is 1. The summed E-state index contributed by atoms with van der Waals surface area (Å²) in [5, 5.41) is 2.85. The lowest BCUT2D eigenvalue weighted by molar-refractivity contribution is -0.122. The highest BCUT2D eigenvalue weighted by Gasteiger charge is 2.10. The van der Waals surface area contributed by atoms with Crippen LogP contribution in [0.2, 0.25) is 0 Å². The monoisotopic (exact) mass is 218 g/mol. The van der Waals surface area contributed by atoms with Crippen molar-refractivity contribution in [1.29, 1.82) is 0 Å². The Balaban J connectivity index is 3.80. The van der Waals surface area contributed by atoms with E-state index in [1.807, 2.05) is 6.92 Å². The normalized spacial score (nSPS) is 12.1. The van der Waals surface area contributed by atoms with Crippen LogP contribution in [-0.2, 0) is 9.53 Å². The van der Waals surface area contributed by atoms with Gasteiger partial charge >= 0.3 is 0 Å². The summed E-state index contributed by atoms with van der Waals surface area (Å²) in [6.45, 7) is 2.43. The molecule has 1 unspecified atom stereocenters. The number of ether oxygens (including phenoxy) is 1. The number of nitrogens with two attached hydrogens (primary N) is 1. The minimum Gasteiger partial charge on any atom is -0.393 e. The van der Waals surface area contributed by atoms with Gasteiger partial charge in [0.1, 0.15) is 0 Å². The SMILES string of the molecule is CCC(CC(N)=S)NC(=O)CCOC. The number of carbonyl (C=O) groups excluding carboxylic acids is 1. The first-order chi connectivity index (χ1) is 6.60. The topological polar surface area (TPSA) is 64.3 Å². The summed E-state index contributed by atoms with van der Waals surface area (Å²) < 4.78 is 4.80. The minimum atomic E-state index is -0.0186. The molecule has 0 aliphatic rings. The molecule has 0 saturated carbocycles. The number of methoxy groups -OCH3 is 1. The second-order valence-corrected chi connectivity index (χ2v) is 3.61. The van der Waals surface area contributed by atoms with Gasteiger partial charge in [0.05, 0.1) is 11.6 Å². The molecule has 0 saturated heterocycles. The maximum Gasteiger partial charge on any atom is 0.222 e. The van der Waals surface area contributed by atoms with E-state index in [2.05, 4.69) is 5.32 Å². The van der Waals surface area contributed by atoms with Gasteiger partial charge in [0.15, 0.2) is 0 Å². The van der Waals surface area contributed by atoms with E-state index in [1.165, 1.54) is 0 Å². The summed E-state index contributed by atoms with van der Waals surface area (Å²) in [6.07, 6.45) is 1.77. The van der Waals surface area contributed by atoms with Gasteiger partial charge in [-0.05, 0) is 6.42 Å². The fraction of sp³-hybridized carbons (Fsp3) is 0.778. The molecule has 0 radical (unpaired) electrons. The molecule has 1 atom stereocenters. The van der Waals surface area contributed by atoms with E-state index in [9.17, 15) is 4.79 Å². The van der Waals surface area contributed by atoms with E-state index in [4.69, 9.17) is 22.7 Å². The number of hydrogen-bond acceptors (Lipinski definition) is 3. The third-order valence-corrected chi connectivity index (χ3v) is 2.01. The van der Waals surface area contributed by atoms with E-state index in [1.54, 1.807) is 7.11 Å². The molecule has 0 bridgehead atoms. The van der Waals surface area contributed by atoms with Gasteiger partial charge in [0, 0.05) is 26.0 Å². The number of amides is 1. The maximum absolute atomic E-state index is 11.3. The molecule has 3 N–H and O–H groups in total. The zero-order valence-corrected chi connectivity index (χ0v) is 9.52. The second-order valence-electron chi connectivity index (χ2n) is 3.09. The molecule has 0 aromatic carbocycles. The Morgan fingerprint density at radius 1 is 1.64 bits per heavy atom. The van der Waals surface area contributed by atoms with E-state index < -0.39 is 0 Å². The molecule has 1 amide bonds. The standard InChI is InChI=1S/C9H18N2O2S/c1-3-7(6-8(10)14)11-9(12)4-5-13-2/h7H,3-6H2,1-2H3,(H2,10,14)(H,11,12). The summed E-state index contributed by atoms with van der Waals surface area (Å²) in [4.78, 5) is 11.7. The van der Waals surface area contributed by atoms with Gasteiger partial charge in [-0.2, -0.15) is 0 Å². The smallest absolute Gasteiger partial charge is 0.222 e. The molecule has 0 rings (SSSR count).